The Morgan fingerprint density at radius 2 is 2.07 bits per heavy atom. The van der Waals surface area contributed by atoms with E-state index in [1.807, 2.05) is 0 Å². The second-order valence-corrected chi connectivity index (χ2v) is 4.16. The van der Waals surface area contributed by atoms with Crippen LogP contribution in [0.3, 0.4) is 0 Å². The lowest BCUT2D eigenvalue weighted by atomic mass is 9.90. The normalized spacial score (nSPS) is 15.1. The Morgan fingerprint density at radius 3 is 2.53 bits per heavy atom. The molecule has 0 aromatic heterocycles. The van der Waals surface area contributed by atoms with Crippen LogP contribution < -0.4 is 5.73 Å². The quantitative estimate of drug-likeness (QED) is 0.834. The fourth-order valence-corrected chi connectivity index (χ4v) is 1.71. The van der Waals surface area contributed by atoms with E-state index in [-0.39, 0.29) is 23.0 Å². The summed E-state index contributed by atoms with van der Waals surface area (Å²) in [6.07, 6.45) is 0.147. The fraction of sp³-hybridized carbons (Fsp3) is 0.400. The van der Waals surface area contributed by atoms with Crippen molar-refractivity contribution in [3.63, 3.8) is 0 Å². The molecule has 0 amide bonds. The predicted molar refractivity (Wildman–Crippen MR) is 57.3 cm³/mol. The summed E-state index contributed by atoms with van der Waals surface area (Å²) in [6, 6.07) is 2.35. The maximum Gasteiger partial charge on any atom is 0.146 e. The molecule has 0 aliphatic rings. The molecule has 0 saturated heterocycles. The highest BCUT2D eigenvalue weighted by atomic mass is 79.9. The van der Waals surface area contributed by atoms with Crippen LogP contribution in [-0.2, 0) is 5.60 Å². The second kappa shape index (κ2) is 4.55. The molecular formula is C10H12BrF2NO. The SMILES string of the molecule is CCC(O)(CN)c1c(F)ccc(Br)c1F. The van der Waals surface area contributed by atoms with Crippen molar-refractivity contribution in [2.75, 3.05) is 6.54 Å². The summed E-state index contributed by atoms with van der Waals surface area (Å²) in [6.45, 7) is 1.39. The van der Waals surface area contributed by atoms with Gasteiger partial charge in [-0.1, -0.05) is 6.92 Å². The molecule has 15 heavy (non-hydrogen) atoms. The Balaban J connectivity index is 3.41. The van der Waals surface area contributed by atoms with Crippen molar-refractivity contribution in [3.05, 3.63) is 33.8 Å². The topological polar surface area (TPSA) is 46.2 Å². The third kappa shape index (κ3) is 2.19. The molecule has 0 saturated carbocycles. The molecule has 0 aliphatic carbocycles. The molecule has 0 spiro atoms. The van der Waals surface area contributed by atoms with Gasteiger partial charge >= 0.3 is 0 Å². The summed E-state index contributed by atoms with van der Waals surface area (Å²) in [5, 5.41) is 9.96. The van der Waals surface area contributed by atoms with Gasteiger partial charge in [-0.25, -0.2) is 8.78 Å². The van der Waals surface area contributed by atoms with Gasteiger partial charge in [0.25, 0.3) is 0 Å². The van der Waals surface area contributed by atoms with E-state index in [0.717, 1.165) is 6.07 Å². The largest absolute Gasteiger partial charge is 0.384 e. The second-order valence-electron chi connectivity index (χ2n) is 3.31. The number of halogens is 3. The van der Waals surface area contributed by atoms with Gasteiger partial charge in [0.1, 0.15) is 17.2 Å². The minimum Gasteiger partial charge on any atom is -0.384 e. The summed E-state index contributed by atoms with van der Waals surface area (Å²) < 4.78 is 27.2. The summed E-state index contributed by atoms with van der Waals surface area (Å²) in [4.78, 5) is 0. The molecule has 0 heterocycles. The van der Waals surface area contributed by atoms with Gasteiger partial charge in [-0.2, -0.15) is 0 Å². The first kappa shape index (κ1) is 12.5. The smallest absolute Gasteiger partial charge is 0.146 e. The van der Waals surface area contributed by atoms with Crippen molar-refractivity contribution in [1.82, 2.24) is 0 Å². The summed E-state index contributed by atoms with van der Waals surface area (Å²) in [7, 11) is 0. The molecule has 5 heteroatoms. The lowest BCUT2D eigenvalue weighted by Crippen LogP contribution is -2.36. The Kier molecular flexibility index (Phi) is 3.81. The molecule has 0 aliphatic heterocycles. The van der Waals surface area contributed by atoms with Gasteiger partial charge in [0.05, 0.1) is 10.0 Å². The van der Waals surface area contributed by atoms with Crippen LogP contribution in [0, 0.1) is 11.6 Å². The summed E-state index contributed by atoms with van der Waals surface area (Å²) in [5.74, 6) is -1.59. The number of benzene rings is 1. The molecule has 1 atom stereocenters. The summed E-state index contributed by atoms with van der Waals surface area (Å²) >= 11 is 2.94. The molecule has 3 N–H and O–H groups in total. The number of hydrogen-bond acceptors (Lipinski definition) is 2. The number of hydrogen-bond donors (Lipinski definition) is 2. The van der Waals surface area contributed by atoms with Crippen molar-refractivity contribution in [3.8, 4) is 0 Å². The van der Waals surface area contributed by atoms with Crippen LogP contribution in [0.4, 0.5) is 8.78 Å². The van der Waals surface area contributed by atoms with E-state index >= 15 is 0 Å². The Morgan fingerprint density at radius 1 is 1.47 bits per heavy atom. The Bertz CT molecular complexity index is 367. The molecule has 1 aromatic carbocycles. The first-order chi connectivity index (χ1) is 6.96. The van der Waals surface area contributed by atoms with Crippen molar-refractivity contribution < 1.29 is 13.9 Å². The van der Waals surface area contributed by atoms with Crippen molar-refractivity contribution >= 4 is 15.9 Å². The molecule has 1 unspecified atom stereocenters. The maximum absolute atomic E-state index is 13.6. The lowest BCUT2D eigenvalue weighted by Gasteiger charge is -2.26. The van der Waals surface area contributed by atoms with E-state index in [0.29, 0.717) is 0 Å². The lowest BCUT2D eigenvalue weighted by molar-refractivity contribution is 0.0342. The van der Waals surface area contributed by atoms with E-state index < -0.39 is 17.2 Å². The van der Waals surface area contributed by atoms with E-state index in [1.54, 1.807) is 6.92 Å². The Labute approximate surface area is 95.2 Å². The third-order valence-electron chi connectivity index (χ3n) is 2.43. The predicted octanol–water partition coefficient (Wildman–Crippen LogP) is 2.28. The minimum absolute atomic E-state index is 0.110. The van der Waals surface area contributed by atoms with E-state index in [1.165, 1.54) is 6.07 Å². The highest BCUT2D eigenvalue weighted by molar-refractivity contribution is 9.10. The van der Waals surface area contributed by atoms with Crippen LogP contribution in [0.2, 0.25) is 0 Å². The Hall–Kier alpha value is -0.520. The first-order valence-electron chi connectivity index (χ1n) is 4.52. The minimum atomic E-state index is -1.65. The maximum atomic E-state index is 13.6. The van der Waals surface area contributed by atoms with E-state index in [9.17, 15) is 13.9 Å². The van der Waals surface area contributed by atoms with Crippen molar-refractivity contribution in [2.24, 2.45) is 5.73 Å². The van der Waals surface area contributed by atoms with Gasteiger partial charge in [0.2, 0.25) is 0 Å². The van der Waals surface area contributed by atoms with Gasteiger partial charge in [-0.15, -0.1) is 0 Å². The molecule has 0 bridgehead atoms. The van der Waals surface area contributed by atoms with Crippen LogP contribution in [0.15, 0.2) is 16.6 Å². The van der Waals surface area contributed by atoms with Crippen LogP contribution in [-0.4, -0.2) is 11.7 Å². The zero-order valence-electron chi connectivity index (χ0n) is 8.23. The van der Waals surface area contributed by atoms with Crippen LogP contribution in [0.25, 0.3) is 0 Å². The molecule has 1 aromatic rings. The van der Waals surface area contributed by atoms with Gasteiger partial charge in [0, 0.05) is 6.54 Å². The summed E-state index contributed by atoms with van der Waals surface area (Å²) in [5.41, 5.74) is 3.31. The van der Waals surface area contributed by atoms with Gasteiger partial charge < -0.3 is 10.8 Å². The number of aliphatic hydroxyl groups is 1. The van der Waals surface area contributed by atoms with Crippen LogP contribution in [0.5, 0.6) is 0 Å². The molecule has 0 radical (unpaired) electrons. The number of nitrogens with two attached hydrogens (primary N) is 1. The molecule has 1 rings (SSSR count). The zero-order valence-corrected chi connectivity index (χ0v) is 9.81. The highest BCUT2D eigenvalue weighted by Gasteiger charge is 2.32. The van der Waals surface area contributed by atoms with E-state index in [4.69, 9.17) is 5.73 Å². The molecule has 0 fully saturated rings. The first-order valence-corrected chi connectivity index (χ1v) is 5.32. The molecule has 84 valence electrons. The monoisotopic (exact) mass is 279 g/mol. The average Bonchev–Trinajstić information content (AvgIpc) is 2.23. The van der Waals surface area contributed by atoms with Crippen molar-refractivity contribution in [1.29, 1.82) is 0 Å². The van der Waals surface area contributed by atoms with Crippen LogP contribution in [0.1, 0.15) is 18.9 Å². The zero-order chi connectivity index (χ0) is 11.6. The highest BCUT2D eigenvalue weighted by Crippen LogP contribution is 2.32. The third-order valence-corrected chi connectivity index (χ3v) is 3.04. The standard InChI is InChI=1S/C10H12BrF2NO/c1-2-10(15,5-14)8-7(12)4-3-6(11)9(8)13/h3-4,15H,2,5,14H2,1H3. The van der Waals surface area contributed by atoms with Crippen LogP contribution >= 0.6 is 15.9 Å². The molecular weight excluding hydrogens is 268 g/mol. The van der Waals surface area contributed by atoms with Gasteiger partial charge in [0.15, 0.2) is 0 Å². The van der Waals surface area contributed by atoms with E-state index in [2.05, 4.69) is 15.9 Å². The van der Waals surface area contributed by atoms with Crippen molar-refractivity contribution in [2.45, 2.75) is 18.9 Å². The van der Waals surface area contributed by atoms with Gasteiger partial charge in [-0.05, 0) is 34.5 Å². The van der Waals surface area contributed by atoms with Gasteiger partial charge in [-0.3, -0.25) is 0 Å². The number of rotatable bonds is 3. The molecule has 2 nitrogen and oxygen atoms in total. The average molecular weight is 280 g/mol. The fourth-order valence-electron chi connectivity index (χ4n) is 1.38.